The van der Waals surface area contributed by atoms with E-state index >= 15 is 0 Å². The van der Waals surface area contributed by atoms with Crippen molar-refractivity contribution in [2.75, 3.05) is 26.2 Å². The zero-order chi connectivity index (χ0) is 14.8. The predicted molar refractivity (Wildman–Crippen MR) is 87.6 cm³/mol. The van der Waals surface area contributed by atoms with E-state index in [0.717, 1.165) is 19.1 Å². The molecular formula is C18H24N4. The van der Waals surface area contributed by atoms with Gasteiger partial charge in [0.25, 0.3) is 0 Å². The molecule has 0 bridgehead atoms. The standard InChI is InChI=1S/C18H24N4/c1-4-16(12-17(5-1)14-22-9-3-7-19-22)13-20-10-11-21-8-2-6-18(21)15-20/h1,3-5,7,9,12,18H,2,6,8,10-11,13-15H2/t18-/m1/s1. The lowest BCUT2D eigenvalue weighted by Crippen LogP contribution is -2.49. The molecule has 1 aromatic heterocycles. The molecule has 0 aliphatic carbocycles. The molecule has 0 spiro atoms. The number of benzene rings is 1. The molecule has 116 valence electrons. The van der Waals surface area contributed by atoms with Gasteiger partial charge in [0, 0.05) is 44.6 Å². The van der Waals surface area contributed by atoms with Crippen molar-refractivity contribution in [3.8, 4) is 0 Å². The fourth-order valence-corrected chi connectivity index (χ4v) is 3.86. The largest absolute Gasteiger partial charge is 0.298 e. The van der Waals surface area contributed by atoms with Gasteiger partial charge in [0.05, 0.1) is 6.54 Å². The van der Waals surface area contributed by atoms with Crippen molar-refractivity contribution in [2.24, 2.45) is 0 Å². The van der Waals surface area contributed by atoms with E-state index in [-0.39, 0.29) is 0 Å². The van der Waals surface area contributed by atoms with Gasteiger partial charge in [-0.15, -0.1) is 0 Å². The third-order valence-electron chi connectivity index (χ3n) is 4.97. The molecule has 0 N–H and O–H groups in total. The predicted octanol–water partition coefficient (Wildman–Crippen LogP) is 2.21. The fraction of sp³-hybridized carbons (Fsp3) is 0.500. The van der Waals surface area contributed by atoms with Crippen molar-refractivity contribution in [2.45, 2.75) is 32.0 Å². The summed E-state index contributed by atoms with van der Waals surface area (Å²) in [5.74, 6) is 0. The van der Waals surface area contributed by atoms with E-state index in [1.807, 2.05) is 23.1 Å². The molecule has 0 radical (unpaired) electrons. The van der Waals surface area contributed by atoms with Crippen LogP contribution in [0.25, 0.3) is 0 Å². The zero-order valence-corrected chi connectivity index (χ0v) is 13.1. The highest BCUT2D eigenvalue weighted by Crippen LogP contribution is 2.22. The van der Waals surface area contributed by atoms with Gasteiger partial charge in [-0.2, -0.15) is 5.10 Å². The van der Waals surface area contributed by atoms with Crippen LogP contribution in [-0.2, 0) is 13.1 Å². The first-order valence-corrected chi connectivity index (χ1v) is 8.38. The van der Waals surface area contributed by atoms with Gasteiger partial charge in [0.2, 0.25) is 0 Å². The van der Waals surface area contributed by atoms with Crippen LogP contribution in [0.1, 0.15) is 24.0 Å². The van der Waals surface area contributed by atoms with Gasteiger partial charge in [0.15, 0.2) is 0 Å². The van der Waals surface area contributed by atoms with Crippen LogP contribution in [-0.4, -0.2) is 51.8 Å². The molecule has 2 aliphatic rings. The van der Waals surface area contributed by atoms with Gasteiger partial charge in [-0.25, -0.2) is 0 Å². The van der Waals surface area contributed by atoms with Gasteiger partial charge < -0.3 is 0 Å². The second-order valence-corrected chi connectivity index (χ2v) is 6.59. The van der Waals surface area contributed by atoms with Crippen LogP contribution in [0.15, 0.2) is 42.7 Å². The average molecular weight is 296 g/mol. The molecular weight excluding hydrogens is 272 g/mol. The maximum absolute atomic E-state index is 4.29. The lowest BCUT2D eigenvalue weighted by atomic mass is 10.1. The number of hydrogen-bond donors (Lipinski definition) is 0. The molecule has 4 heteroatoms. The van der Waals surface area contributed by atoms with Gasteiger partial charge in [0.1, 0.15) is 0 Å². The van der Waals surface area contributed by atoms with E-state index < -0.39 is 0 Å². The number of aromatic nitrogens is 2. The van der Waals surface area contributed by atoms with Crippen molar-refractivity contribution in [3.63, 3.8) is 0 Å². The number of fused-ring (bicyclic) bond motifs is 1. The molecule has 0 saturated carbocycles. The molecule has 4 nitrogen and oxygen atoms in total. The second-order valence-electron chi connectivity index (χ2n) is 6.59. The number of hydrogen-bond acceptors (Lipinski definition) is 3. The summed E-state index contributed by atoms with van der Waals surface area (Å²) in [4.78, 5) is 5.30. The summed E-state index contributed by atoms with van der Waals surface area (Å²) in [5, 5.41) is 4.29. The van der Waals surface area contributed by atoms with E-state index in [4.69, 9.17) is 0 Å². The first kappa shape index (κ1) is 14.0. The van der Waals surface area contributed by atoms with Crippen LogP contribution in [0.5, 0.6) is 0 Å². The summed E-state index contributed by atoms with van der Waals surface area (Å²) in [6.45, 7) is 6.95. The Morgan fingerprint density at radius 2 is 1.95 bits per heavy atom. The van der Waals surface area contributed by atoms with Crippen LogP contribution in [0.2, 0.25) is 0 Å². The van der Waals surface area contributed by atoms with Gasteiger partial charge >= 0.3 is 0 Å². The Morgan fingerprint density at radius 3 is 2.82 bits per heavy atom. The Kier molecular flexibility index (Phi) is 3.95. The molecule has 0 amide bonds. The molecule has 3 heterocycles. The smallest absolute Gasteiger partial charge is 0.0659 e. The first-order chi connectivity index (χ1) is 10.9. The molecule has 2 fully saturated rings. The summed E-state index contributed by atoms with van der Waals surface area (Å²) in [6, 6.07) is 11.8. The van der Waals surface area contributed by atoms with E-state index in [1.54, 1.807) is 0 Å². The van der Waals surface area contributed by atoms with Crippen molar-refractivity contribution >= 4 is 0 Å². The minimum absolute atomic E-state index is 0.806. The summed E-state index contributed by atoms with van der Waals surface area (Å²) < 4.78 is 1.98. The third kappa shape index (κ3) is 3.08. The number of piperazine rings is 1. The van der Waals surface area contributed by atoms with Crippen molar-refractivity contribution in [1.29, 1.82) is 0 Å². The quantitative estimate of drug-likeness (QED) is 0.864. The molecule has 2 aromatic rings. The first-order valence-electron chi connectivity index (χ1n) is 8.38. The Labute approximate surface area is 132 Å². The lowest BCUT2D eigenvalue weighted by Gasteiger charge is -2.37. The number of rotatable bonds is 4. The Hall–Kier alpha value is -1.65. The van der Waals surface area contributed by atoms with E-state index in [9.17, 15) is 0 Å². The normalized spacial score (nSPS) is 22.8. The van der Waals surface area contributed by atoms with Crippen molar-refractivity contribution in [1.82, 2.24) is 19.6 Å². The van der Waals surface area contributed by atoms with Crippen molar-refractivity contribution < 1.29 is 0 Å². The van der Waals surface area contributed by atoms with Gasteiger partial charge in [-0.05, 0) is 36.6 Å². The highest BCUT2D eigenvalue weighted by Gasteiger charge is 2.30. The molecule has 2 saturated heterocycles. The zero-order valence-electron chi connectivity index (χ0n) is 13.1. The van der Waals surface area contributed by atoms with Crippen LogP contribution in [0.3, 0.4) is 0 Å². The maximum Gasteiger partial charge on any atom is 0.0659 e. The van der Waals surface area contributed by atoms with Crippen molar-refractivity contribution in [3.05, 3.63) is 53.9 Å². The molecule has 2 aliphatic heterocycles. The molecule has 4 rings (SSSR count). The van der Waals surface area contributed by atoms with Crippen LogP contribution >= 0.6 is 0 Å². The summed E-state index contributed by atoms with van der Waals surface area (Å²) in [5.41, 5.74) is 2.76. The average Bonchev–Trinajstić information content (AvgIpc) is 3.18. The minimum atomic E-state index is 0.806. The topological polar surface area (TPSA) is 24.3 Å². The number of nitrogens with zero attached hydrogens (tertiary/aromatic N) is 4. The summed E-state index contributed by atoms with van der Waals surface area (Å²) in [7, 11) is 0. The Morgan fingerprint density at radius 1 is 1.05 bits per heavy atom. The van der Waals surface area contributed by atoms with Crippen LogP contribution in [0.4, 0.5) is 0 Å². The monoisotopic (exact) mass is 296 g/mol. The molecule has 1 aromatic carbocycles. The second kappa shape index (κ2) is 6.23. The van der Waals surface area contributed by atoms with Gasteiger partial charge in [-0.1, -0.05) is 24.3 Å². The van der Waals surface area contributed by atoms with Gasteiger partial charge in [-0.3, -0.25) is 14.5 Å². The highest BCUT2D eigenvalue weighted by atomic mass is 15.3. The van der Waals surface area contributed by atoms with E-state index in [2.05, 4.69) is 39.2 Å². The van der Waals surface area contributed by atoms with E-state index in [1.165, 1.54) is 50.1 Å². The summed E-state index contributed by atoms with van der Waals surface area (Å²) >= 11 is 0. The highest BCUT2D eigenvalue weighted by molar-refractivity contribution is 5.23. The van der Waals surface area contributed by atoms with Crippen LogP contribution < -0.4 is 0 Å². The maximum atomic E-state index is 4.29. The molecule has 1 atom stereocenters. The third-order valence-corrected chi connectivity index (χ3v) is 4.97. The molecule has 22 heavy (non-hydrogen) atoms. The SMILES string of the molecule is c1cc(CN2CCN3CCC[C@@H]3C2)cc(Cn2cccn2)c1. The minimum Gasteiger partial charge on any atom is -0.298 e. The van der Waals surface area contributed by atoms with Crippen LogP contribution in [0, 0.1) is 0 Å². The Balaban J connectivity index is 1.40. The molecule has 0 unspecified atom stereocenters. The van der Waals surface area contributed by atoms with E-state index in [0.29, 0.717) is 0 Å². The fourth-order valence-electron chi connectivity index (χ4n) is 3.86. The lowest BCUT2D eigenvalue weighted by molar-refractivity contribution is 0.0993. The Bertz CT molecular complexity index is 607. The summed E-state index contributed by atoms with van der Waals surface area (Å²) in [6.07, 6.45) is 6.63.